The van der Waals surface area contributed by atoms with Gasteiger partial charge in [0.25, 0.3) is 5.91 Å². The number of nitrogens with zero attached hydrogens (tertiary/aromatic N) is 5. The minimum absolute atomic E-state index is 0.00691. The normalized spacial score (nSPS) is 15.8. The number of aryl methyl sites for hydroxylation is 1. The van der Waals surface area contributed by atoms with E-state index in [-0.39, 0.29) is 35.1 Å². The predicted molar refractivity (Wildman–Crippen MR) is 147 cm³/mol. The van der Waals surface area contributed by atoms with E-state index in [1.807, 2.05) is 0 Å². The van der Waals surface area contributed by atoms with Gasteiger partial charge in [0.2, 0.25) is 5.95 Å². The van der Waals surface area contributed by atoms with Crippen LogP contribution in [0.15, 0.2) is 48.9 Å². The number of rotatable bonds is 1. The van der Waals surface area contributed by atoms with Crippen molar-refractivity contribution in [2.45, 2.75) is 25.3 Å². The first-order valence-electron chi connectivity index (χ1n) is 12.3. The van der Waals surface area contributed by atoms with Gasteiger partial charge in [-0.1, -0.05) is 17.7 Å². The number of benzene rings is 1. The zero-order valence-corrected chi connectivity index (χ0v) is 23.2. The van der Waals surface area contributed by atoms with Crippen LogP contribution in [0.2, 0.25) is 5.02 Å². The molecule has 4 aliphatic heterocycles. The van der Waals surface area contributed by atoms with E-state index in [9.17, 15) is 22.5 Å². The molecule has 41 heavy (non-hydrogen) atoms. The quantitative estimate of drug-likeness (QED) is 0.235. The molecule has 0 radical (unpaired) electrons. The number of alkyl halides is 3. The lowest BCUT2D eigenvalue weighted by molar-refractivity contribution is -0.137. The first-order chi connectivity index (χ1) is 19.6. The molecule has 1 atom stereocenters. The van der Waals surface area contributed by atoms with Crippen LogP contribution in [0.25, 0.3) is 11.3 Å². The van der Waals surface area contributed by atoms with Gasteiger partial charge in [-0.25, -0.2) is 9.97 Å². The summed E-state index contributed by atoms with van der Waals surface area (Å²) in [6.07, 6.45) is -0.209. The van der Waals surface area contributed by atoms with Gasteiger partial charge in [0.15, 0.2) is 13.7 Å². The number of nitrogens with one attached hydrogen (secondary N) is 3. The van der Waals surface area contributed by atoms with Crippen LogP contribution in [0.1, 0.15) is 28.0 Å². The lowest BCUT2D eigenvalue weighted by atomic mass is 10.1. The molecule has 11 nitrogen and oxygen atoms in total. The second kappa shape index (κ2) is 11.9. The molecular weight excluding hydrogens is 584 g/mol. The zero-order valence-electron chi connectivity index (χ0n) is 21.4. The number of hydrogen-bond donors (Lipinski definition) is 3. The Hall–Kier alpha value is -4.00. The summed E-state index contributed by atoms with van der Waals surface area (Å²) in [6, 6.07) is 7.82. The lowest BCUT2D eigenvalue weighted by Gasteiger charge is -2.17. The zero-order chi connectivity index (χ0) is 29.1. The molecular formula is C25H23ClF3N8O3P. The molecule has 4 aromatic rings. The summed E-state index contributed by atoms with van der Waals surface area (Å²) in [5.74, 6) is -1.42. The van der Waals surface area contributed by atoms with Crippen LogP contribution in [0.4, 0.5) is 36.3 Å². The lowest BCUT2D eigenvalue weighted by Crippen LogP contribution is -2.21. The minimum Gasteiger partial charge on any atom is -0.354 e. The standard InChI is InChI=1S/C25H23ClF3N8O3P/c1-30-23(38)21-20-6-5-18(33-21)15-10-32-37(12-15)7-2-8-40-41(39)13-14-3-4-19(17(26)9-14)35-24-31-11-16(25(27,28)29)22(34-20)36-24/h3-6,9-12,41H,2,7-8,13H2,1H3,(H,30,38)(H2,31,34,35,36). The third-order valence-electron chi connectivity index (χ3n) is 6.04. The first-order valence-corrected chi connectivity index (χ1v) is 14.2. The maximum atomic E-state index is 13.9. The maximum Gasteiger partial charge on any atom is 0.421 e. The molecule has 0 saturated heterocycles. The summed E-state index contributed by atoms with van der Waals surface area (Å²) >= 11 is 6.39. The fourth-order valence-electron chi connectivity index (χ4n) is 4.02. The smallest absolute Gasteiger partial charge is 0.354 e. The van der Waals surface area contributed by atoms with Gasteiger partial charge in [-0.15, -0.1) is 0 Å². The third-order valence-corrected chi connectivity index (χ3v) is 7.57. The summed E-state index contributed by atoms with van der Waals surface area (Å²) in [5, 5.41) is 12.4. The summed E-state index contributed by atoms with van der Waals surface area (Å²) in [4.78, 5) is 25.0. The van der Waals surface area contributed by atoms with Crippen molar-refractivity contribution in [1.29, 1.82) is 0 Å². The van der Waals surface area contributed by atoms with Crippen LogP contribution in [-0.2, 0) is 28.0 Å². The van der Waals surface area contributed by atoms with Gasteiger partial charge in [-0.05, 0) is 36.2 Å². The highest BCUT2D eigenvalue weighted by Gasteiger charge is 2.36. The summed E-state index contributed by atoms with van der Waals surface area (Å²) in [6.45, 7) is 0.729. The maximum absolute atomic E-state index is 13.9. The van der Waals surface area contributed by atoms with Crippen molar-refractivity contribution >= 4 is 48.7 Å². The molecule has 0 saturated carbocycles. The van der Waals surface area contributed by atoms with Gasteiger partial charge in [0.05, 0.1) is 34.9 Å². The molecule has 7 heterocycles. The van der Waals surface area contributed by atoms with Crippen molar-refractivity contribution in [3.63, 3.8) is 0 Å². The van der Waals surface area contributed by atoms with Crippen LogP contribution in [-0.4, -0.2) is 44.3 Å². The number of hydrogen-bond acceptors (Lipinski definition) is 9. The Balaban J connectivity index is 1.60. The SMILES string of the molecule is CNC(=O)c1nc2ccc1Nc1nc(ncc1C(F)(F)F)Nc1ccc(cc1Cl)C[PH](=O)OCCCn1cc-2cn1. The van der Waals surface area contributed by atoms with Gasteiger partial charge >= 0.3 is 6.18 Å². The van der Waals surface area contributed by atoms with E-state index in [4.69, 9.17) is 16.1 Å². The second-order valence-corrected chi connectivity index (χ2v) is 10.7. The molecule has 3 aromatic heterocycles. The molecule has 1 amide bonds. The molecule has 1 unspecified atom stereocenters. The number of aromatic nitrogens is 5. The largest absolute Gasteiger partial charge is 0.421 e. The molecule has 3 N–H and O–H groups in total. The fraction of sp³-hybridized carbons (Fsp3) is 0.240. The molecule has 16 heteroatoms. The van der Waals surface area contributed by atoms with Gasteiger partial charge in [0, 0.05) is 37.7 Å². The molecule has 1 aromatic carbocycles. The molecule has 4 aliphatic rings. The number of carbonyl (C=O) groups is 1. The molecule has 0 aliphatic carbocycles. The highest BCUT2D eigenvalue weighted by Crippen LogP contribution is 2.37. The Morgan fingerprint density at radius 3 is 2.71 bits per heavy atom. The van der Waals surface area contributed by atoms with E-state index in [2.05, 4.69) is 36.0 Å². The number of amides is 1. The van der Waals surface area contributed by atoms with Gasteiger partial charge in [-0.2, -0.15) is 23.3 Å². The summed E-state index contributed by atoms with van der Waals surface area (Å²) in [5.41, 5.74) is 0.628. The van der Waals surface area contributed by atoms with Crippen molar-refractivity contribution in [3.8, 4) is 11.3 Å². The van der Waals surface area contributed by atoms with Crippen LogP contribution >= 0.6 is 19.6 Å². The van der Waals surface area contributed by atoms with E-state index < -0.39 is 31.5 Å². The van der Waals surface area contributed by atoms with Gasteiger partial charge in [0.1, 0.15) is 11.4 Å². The molecule has 8 bridgehead atoms. The van der Waals surface area contributed by atoms with Gasteiger partial charge in [-0.3, -0.25) is 14.0 Å². The Morgan fingerprint density at radius 2 is 1.95 bits per heavy atom. The number of halogens is 4. The average molecular weight is 607 g/mol. The second-order valence-electron chi connectivity index (χ2n) is 8.93. The van der Waals surface area contributed by atoms with E-state index in [0.717, 1.165) is 0 Å². The van der Waals surface area contributed by atoms with Crippen LogP contribution in [0, 0.1) is 0 Å². The summed E-state index contributed by atoms with van der Waals surface area (Å²) < 4.78 is 61.4. The van der Waals surface area contributed by atoms with E-state index >= 15 is 0 Å². The van der Waals surface area contributed by atoms with Crippen molar-refractivity contribution < 1.29 is 27.1 Å². The van der Waals surface area contributed by atoms with Crippen molar-refractivity contribution in [3.05, 3.63) is 70.8 Å². The van der Waals surface area contributed by atoms with Crippen molar-refractivity contribution in [2.24, 2.45) is 0 Å². The van der Waals surface area contributed by atoms with Crippen LogP contribution in [0.5, 0.6) is 0 Å². The minimum atomic E-state index is -4.81. The Kier molecular flexibility index (Phi) is 8.25. The monoisotopic (exact) mass is 606 g/mol. The van der Waals surface area contributed by atoms with Crippen molar-refractivity contribution in [2.75, 3.05) is 24.3 Å². The number of pyridine rings is 1. The van der Waals surface area contributed by atoms with E-state index in [1.165, 1.54) is 13.1 Å². The Bertz CT molecular complexity index is 1630. The Labute approximate surface area is 237 Å². The van der Waals surface area contributed by atoms with Crippen molar-refractivity contribution in [1.82, 2.24) is 30.0 Å². The highest BCUT2D eigenvalue weighted by molar-refractivity contribution is 7.38. The number of anilines is 4. The summed E-state index contributed by atoms with van der Waals surface area (Å²) in [7, 11) is -1.02. The average Bonchev–Trinajstić information content (AvgIpc) is 3.40. The van der Waals surface area contributed by atoms with Crippen LogP contribution in [0.3, 0.4) is 0 Å². The molecule has 0 fully saturated rings. The number of carbonyl (C=O) groups excluding carboxylic acids is 1. The topological polar surface area (TPSA) is 136 Å². The highest BCUT2D eigenvalue weighted by atomic mass is 35.5. The molecule has 8 rings (SSSR count). The predicted octanol–water partition coefficient (Wildman–Crippen LogP) is 5.65. The molecule has 214 valence electrons. The first kappa shape index (κ1) is 28.5. The van der Waals surface area contributed by atoms with Gasteiger partial charge < -0.3 is 20.5 Å². The third kappa shape index (κ3) is 6.67. The molecule has 0 spiro atoms. The fourth-order valence-corrected chi connectivity index (χ4v) is 5.30. The Morgan fingerprint density at radius 1 is 1.15 bits per heavy atom. The van der Waals surface area contributed by atoms with E-state index in [1.54, 1.807) is 41.3 Å². The van der Waals surface area contributed by atoms with Crippen LogP contribution < -0.4 is 16.0 Å². The van der Waals surface area contributed by atoms with E-state index in [0.29, 0.717) is 41.7 Å².